The van der Waals surface area contributed by atoms with E-state index in [0.717, 1.165) is 0 Å². The lowest BCUT2D eigenvalue weighted by molar-refractivity contribution is -0.144. The Morgan fingerprint density at radius 1 is 1.29 bits per heavy atom. The molecule has 21 heavy (non-hydrogen) atoms. The summed E-state index contributed by atoms with van der Waals surface area (Å²) in [5, 5.41) is 0. The van der Waals surface area contributed by atoms with Gasteiger partial charge in [-0.1, -0.05) is 0 Å². The van der Waals surface area contributed by atoms with Crippen molar-refractivity contribution in [1.82, 2.24) is 9.80 Å². The molecule has 0 radical (unpaired) electrons. The van der Waals surface area contributed by atoms with Crippen LogP contribution in [0.4, 0.5) is 0 Å². The topological polar surface area (TPSA) is 84.0 Å². The van der Waals surface area contributed by atoms with E-state index in [1.807, 2.05) is 0 Å². The molecule has 1 atom stereocenters. The number of carbonyl (C=O) groups is 2. The SMILES string of the molecule is CCOC(=O)CCN(C)CC(=O)N(C)C1CCS(=O)(=O)C1. The number of hydrogen-bond acceptors (Lipinski definition) is 6. The molecule has 0 aromatic heterocycles. The third-order valence-electron chi connectivity index (χ3n) is 3.56. The first-order valence-corrected chi connectivity index (χ1v) is 8.87. The summed E-state index contributed by atoms with van der Waals surface area (Å²) in [6.07, 6.45) is 0.732. The zero-order chi connectivity index (χ0) is 16.0. The third kappa shape index (κ3) is 6.01. The van der Waals surface area contributed by atoms with Crippen LogP contribution in [-0.4, -0.2) is 81.4 Å². The number of ether oxygens (including phenoxy) is 1. The largest absolute Gasteiger partial charge is 0.466 e. The molecule has 0 N–H and O–H groups in total. The van der Waals surface area contributed by atoms with Crippen LogP contribution in [0.1, 0.15) is 19.8 Å². The average molecular weight is 320 g/mol. The van der Waals surface area contributed by atoms with Crippen LogP contribution >= 0.6 is 0 Å². The lowest BCUT2D eigenvalue weighted by Crippen LogP contribution is -2.43. The Balaban J connectivity index is 2.36. The highest BCUT2D eigenvalue weighted by molar-refractivity contribution is 7.91. The Hall–Kier alpha value is -1.15. The molecular weight excluding hydrogens is 296 g/mol. The Bertz CT molecular complexity index is 477. The zero-order valence-electron chi connectivity index (χ0n) is 12.9. The quantitative estimate of drug-likeness (QED) is 0.589. The standard InChI is InChI=1S/C13H24N2O5S/c1-4-20-13(17)5-7-14(2)9-12(16)15(3)11-6-8-21(18,19)10-11/h11H,4-10H2,1-3H3. The number of carbonyl (C=O) groups excluding carboxylic acids is 2. The number of rotatable bonds is 7. The number of likely N-dealkylation sites (N-methyl/N-ethyl adjacent to an activating group) is 2. The summed E-state index contributed by atoms with van der Waals surface area (Å²) in [6, 6.07) is -0.235. The molecule has 0 saturated carbocycles. The van der Waals surface area contributed by atoms with Crippen molar-refractivity contribution in [1.29, 1.82) is 0 Å². The highest BCUT2D eigenvalue weighted by atomic mass is 32.2. The second-order valence-corrected chi connectivity index (χ2v) is 7.58. The van der Waals surface area contributed by atoms with Gasteiger partial charge in [0, 0.05) is 19.6 Å². The molecule has 0 aliphatic carbocycles. The van der Waals surface area contributed by atoms with Gasteiger partial charge in [0.25, 0.3) is 0 Å². The average Bonchev–Trinajstić information content (AvgIpc) is 2.76. The Labute approximate surface area is 126 Å². The fraction of sp³-hybridized carbons (Fsp3) is 0.846. The van der Waals surface area contributed by atoms with E-state index in [2.05, 4.69) is 0 Å². The minimum absolute atomic E-state index is 0.0434. The van der Waals surface area contributed by atoms with Gasteiger partial charge in [0.1, 0.15) is 0 Å². The fourth-order valence-electron chi connectivity index (χ4n) is 2.22. The minimum atomic E-state index is -3.00. The van der Waals surface area contributed by atoms with Crippen molar-refractivity contribution in [3.05, 3.63) is 0 Å². The second-order valence-electron chi connectivity index (χ2n) is 5.35. The molecule has 1 heterocycles. The van der Waals surface area contributed by atoms with Crippen LogP contribution in [0.25, 0.3) is 0 Å². The molecule has 1 aliphatic rings. The normalized spacial score (nSPS) is 20.5. The monoisotopic (exact) mass is 320 g/mol. The Morgan fingerprint density at radius 3 is 2.48 bits per heavy atom. The van der Waals surface area contributed by atoms with E-state index in [4.69, 9.17) is 4.74 Å². The number of hydrogen-bond donors (Lipinski definition) is 0. The van der Waals surface area contributed by atoms with Crippen LogP contribution in [-0.2, 0) is 24.2 Å². The van der Waals surface area contributed by atoms with Crippen molar-refractivity contribution < 1.29 is 22.7 Å². The van der Waals surface area contributed by atoms with E-state index in [9.17, 15) is 18.0 Å². The Kier molecular flexibility index (Phi) is 6.60. The summed E-state index contributed by atoms with van der Waals surface area (Å²) in [6.45, 7) is 2.68. The third-order valence-corrected chi connectivity index (χ3v) is 5.31. The summed E-state index contributed by atoms with van der Waals surface area (Å²) in [5.41, 5.74) is 0. The lowest BCUT2D eigenvalue weighted by atomic mass is 10.2. The molecule has 1 fully saturated rings. The summed E-state index contributed by atoms with van der Waals surface area (Å²) in [5.74, 6) is -0.231. The molecule has 1 aliphatic heterocycles. The highest BCUT2D eigenvalue weighted by Gasteiger charge is 2.32. The van der Waals surface area contributed by atoms with Gasteiger partial charge in [-0.2, -0.15) is 0 Å². The smallest absolute Gasteiger partial charge is 0.307 e. The molecule has 1 amide bonds. The van der Waals surface area contributed by atoms with Crippen molar-refractivity contribution in [2.45, 2.75) is 25.8 Å². The highest BCUT2D eigenvalue weighted by Crippen LogP contribution is 2.16. The Morgan fingerprint density at radius 2 is 1.95 bits per heavy atom. The van der Waals surface area contributed by atoms with Crippen LogP contribution < -0.4 is 0 Å². The van der Waals surface area contributed by atoms with E-state index in [1.165, 1.54) is 4.90 Å². The summed E-state index contributed by atoms with van der Waals surface area (Å²) in [7, 11) is 0.379. The molecule has 7 nitrogen and oxygen atoms in total. The molecule has 1 saturated heterocycles. The maximum absolute atomic E-state index is 12.1. The zero-order valence-corrected chi connectivity index (χ0v) is 13.7. The minimum Gasteiger partial charge on any atom is -0.466 e. The van der Waals surface area contributed by atoms with Gasteiger partial charge in [0.15, 0.2) is 9.84 Å². The number of esters is 1. The maximum Gasteiger partial charge on any atom is 0.307 e. The van der Waals surface area contributed by atoms with Crippen molar-refractivity contribution in [3.8, 4) is 0 Å². The van der Waals surface area contributed by atoms with Gasteiger partial charge < -0.3 is 9.64 Å². The second kappa shape index (κ2) is 7.74. The molecule has 1 rings (SSSR count). The molecule has 0 spiro atoms. The first-order valence-electron chi connectivity index (χ1n) is 7.05. The maximum atomic E-state index is 12.1. The van der Waals surface area contributed by atoms with Crippen LogP contribution in [0.5, 0.6) is 0 Å². The molecular formula is C13H24N2O5S. The first-order chi connectivity index (χ1) is 9.75. The molecule has 0 bridgehead atoms. The van der Waals surface area contributed by atoms with E-state index >= 15 is 0 Å². The number of nitrogens with zero attached hydrogens (tertiary/aromatic N) is 2. The van der Waals surface area contributed by atoms with Gasteiger partial charge in [-0.15, -0.1) is 0 Å². The van der Waals surface area contributed by atoms with Crippen molar-refractivity contribution in [3.63, 3.8) is 0 Å². The van der Waals surface area contributed by atoms with Crippen LogP contribution in [0, 0.1) is 0 Å². The van der Waals surface area contributed by atoms with Crippen LogP contribution in [0.3, 0.4) is 0 Å². The predicted molar refractivity (Wildman–Crippen MR) is 78.6 cm³/mol. The van der Waals surface area contributed by atoms with E-state index in [0.29, 0.717) is 19.6 Å². The van der Waals surface area contributed by atoms with Crippen molar-refractivity contribution in [2.75, 3.05) is 45.3 Å². The van der Waals surface area contributed by atoms with Gasteiger partial charge in [-0.25, -0.2) is 8.42 Å². The van der Waals surface area contributed by atoms with E-state index in [-0.39, 0.29) is 42.4 Å². The fourth-order valence-corrected chi connectivity index (χ4v) is 4.00. The number of sulfone groups is 1. The lowest BCUT2D eigenvalue weighted by Gasteiger charge is -2.26. The summed E-state index contributed by atoms with van der Waals surface area (Å²) >= 11 is 0. The number of amides is 1. The van der Waals surface area contributed by atoms with Gasteiger partial charge in [-0.3, -0.25) is 14.5 Å². The van der Waals surface area contributed by atoms with Gasteiger partial charge in [-0.05, 0) is 20.4 Å². The molecule has 0 aromatic rings. The summed E-state index contributed by atoms with van der Waals surface area (Å²) < 4.78 is 27.7. The van der Waals surface area contributed by atoms with Crippen molar-refractivity contribution >= 4 is 21.7 Å². The first kappa shape index (κ1) is 17.9. The van der Waals surface area contributed by atoms with Crippen LogP contribution in [0.2, 0.25) is 0 Å². The van der Waals surface area contributed by atoms with E-state index in [1.54, 1.807) is 25.9 Å². The summed E-state index contributed by atoms with van der Waals surface area (Å²) in [4.78, 5) is 26.6. The predicted octanol–water partition coefficient (Wildman–Crippen LogP) is -0.483. The molecule has 1 unspecified atom stereocenters. The van der Waals surface area contributed by atoms with Crippen LogP contribution in [0.15, 0.2) is 0 Å². The van der Waals surface area contributed by atoms with Crippen molar-refractivity contribution in [2.24, 2.45) is 0 Å². The molecule has 8 heteroatoms. The van der Waals surface area contributed by atoms with Gasteiger partial charge in [0.2, 0.25) is 5.91 Å². The molecule has 122 valence electrons. The molecule has 0 aromatic carbocycles. The van der Waals surface area contributed by atoms with Gasteiger partial charge >= 0.3 is 5.97 Å². The van der Waals surface area contributed by atoms with E-state index < -0.39 is 9.84 Å². The van der Waals surface area contributed by atoms with Gasteiger partial charge in [0.05, 0.1) is 31.1 Å².